The van der Waals surface area contributed by atoms with Gasteiger partial charge in [0.2, 0.25) is 23.6 Å². The zero-order valence-corrected chi connectivity index (χ0v) is 90.3. The molecule has 8 aromatic rings. The van der Waals surface area contributed by atoms with Gasteiger partial charge in [-0.15, -0.1) is 18.8 Å². The minimum absolute atomic E-state index is 0. The number of aliphatic carboxylic acids is 3. The Morgan fingerprint density at radius 3 is 0.913 bits per heavy atom. The van der Waals surface area contributed by atoms with Crippen molar-refractivity contribution in [1.82, 2.24) is 10.2 Å². The third-order valence-corrected chi connectivity index (χ3v) is 21.4. The van der Waals surface area contributed by atoms with Crippen LogP contribution in [-0.4, -0.2) is 192 Å². The zero-order chi connectivity index (χ0) is 104. The van der Waals surface area contributed by atoms with Crippen molar-refractivity contribution >= 4 is 181 Å². The summed E-state index contributed by atoms with van der Waals surface area (Å²) in [5.41, 5.74) is 15.4. The van der Waals surface area contributed by atoms with Gasteiger partial charge in [-0.3, -0.25) is 62.4 Å². The molecule has 0 radical (unpaired) electrons. The number of nitrogen functional groups attached to an aromatic ring is 1. The van der Waals surface area contributed by atoms with Crippen LogP contribution in [0.15, 0.2) is 194 Å². The number of carbonyl (C=O) groups excluding carboxylic acids is 9. The Labute approximate surface area is 872 Å². The molecular weight excluding hydrogens is 2240 g/mol. The van der Waals surface area contributed by atoms with Crippen LogP contribution in [0.4, 0.5) is 28.4 Å². The van der Waals surface area contributed by atoms with Crippen molar-refractivity contribution in [2.24, 2.45) is 59.2 Å². The van der Waals surface area contributed by atoms with E-state index in [1.54, 1.807) is 165 Å². The summed E-state index contributed by atoms with van der Waals surface area (Å²) in [5.74, 6) is 1.76. The summed E-state index contributed by atoms with van der Waals surface area (Å²) in [5, 5.41) is 39.6. The Bertz CT molecular complexity index is 5170. The average Bonchev–Trinajstić information content (AvgIpc) is 0.864. The van der Waals surface area contributed by atoms with Gasteiger partial charge in [-0.05, 0) is 274 Å². The number of carboxylic acid groups (broad SMARTS) is 3. The number of anilines is 5. The molecule has 29 nitrogen and oxygen atoms in total. The Hall–Kier alpha value is -10.8. The standard InChI is InChI=1S/C26H30N2O4.C22H21NO4.C13H16INO3.C12H14INO3.C9H6O.C6H6IN.C6H10O4.C5H12O2.C4H9NO.CH4I.ClH/c1-19(2)24(26(30)31-3)25(29)27-23-12-10-21(11-13-23)5-4-20-6-8-22(9-7-20)18-28-14-16-32-17-15-28;1-15(2)20(22(26)27-3)21(25)23-19-12-10-17(11-13-19)5-4-16-6-8-18(14-24)9-7-16;1-8(2)11(13(17)18-3)12(16)15-10-6-4-9(14)5-7-10;1-7(2)10(12(16)17)11(15)14-9-5-3-8(13)4-6-9;1-2-8-3-5-9(7-10)6-4-8;7-5-1-3-6(8)4-2-5;1-3(2)4(5(7)8)6(9)10;1-5(2,6-3)7-4;1-3-6-4-2-5-1;1-2;/h6-13,19,24H,14-18H2,1-3H3,(H,27,29);6-15,20H,1-3H3,(H,23,25);4-8,11H,1-3H3,(H,15,16);3-7,10H,1-2H3,(H,14,15)(H,16,17);1,3-7H;1-4H,8H2;3-4H,1-2H3,(H,7,8)(H,9,10);1-4H3;5H,1-4H2;2H,1H3;1H/q;;;;;;;;;-1;/i;;;;;;;;;2D;. The summed E-state index contributed by atoms with van der Waals surface area (Å²) in [6, 6.07) is 58.8. The normalized spacial score (nSPS) is 12.4. The third kappa shape index (κ3) is 52.9. The number of nitrogens with one attached hydrogen (secondary N) is 5. The van der Waals surface area contributed by atoms with Gasteiger partial charge in [-0.25, -0.2) is 0 Å². The number of nitrogens with two attached hydrogens (primary N) is 1. The number of ether oxygens (including phenoxy) is 7. The van der Waals surface area contributed by atoms with E-state index >= 15 is 0 Å². The maximum absolute atomic E-state index is 12.5. The summed E-state index contributed by atoms with van der Waals surface area (Å²) >= 11 is 6.42. The molecule has 2 aliphatic heterocycles. The van der Waals surface area contributed by atoms with Crippen LogP contribution in [0.1, 0.15) is 137 Å². The summed E-state index contributed by atoms with van der Waals surface area (Å²) < 4.78 is 43.9. The number of methoxy groups -OCH3 is 5. The molecule has 2 aliphatic rings. The van der Waals surface area contributed by atoms with Gasteiger partial charge < -0.3 is 80.8 Å². The van der Waals surface area contributed by atoms with Gasteiger partial charge in [0.15, 0.2) is 11.7 Å². The van der Waals surface area contributed by atoms with Crippen molar-refractivity contribution in [3.05, 3.63) is 249 Å². The summed E-state index contributed by atoms with van der Waals surface area (Å²) in [7, 11) is 7.07. The maximum atomic E-state index is 12.5. The van der Waals surface area contributed by atoms with E-state index in [4.69, 9.17) is 56.5 Å². The molecule has 4 unspecified atom stereocenters. The number of esters is 3. The molecule has 138 heavy (non-hydrogen) atoms. The van der Waals surface area contributed by atoms with E-state index in [2.05, 4.69) is 146 Å². The molecule has 0 saturated carbocycles. The Morgan fingerprint density at radius 2 is 0.696 bits per heavy atom. The first-order valence-corrected chi connectivity index (χ1v) is 48.6. The van der Waals surface area contributed by atoms with Crippen molar-refractivity contribution < 1.29 is 128 Å². The molecule has 10 N–H and O–H groups in total. The van der Waals surface area contributed by atoms with E-state index in [0.29, 0.717) is 33.9 Å². The fraction of sp³-hybridized carbons (Fsp3) is 0.365. The fourth-order valence-electron chi connectivity index (χ4n) is 11.4. The second kappa shape index (κ2) is 71.7. The monoisotopic (exact) mass is 2370 g/mol. The number of benzene rings is 8. The number of amides is 4. The second-order valence-corrected chi connectivity index (χ2v) is 35.5. The quantitative estimate of drug-likeness (QED) is 0.00295. The van der Waals surface area contributed by atoms with E-state index in [1.165, 1.54) is 30.5 Å². The Kier molecular flexibility index (Phi) is 65.0. The predicted molar refractivity (Wildman–Crippen MR) is 562 cm³/mol. The summed E-state index contributed by atoms with van der Waals surface area (Å²) in [4.78, 5) is 140. The molecule has 10 rings (SSSR count). The molecular formula is C104H129ClI4N7O22-. The van der Waals surface area contributed by atoms with Crippen molar-refractivity contribution in [2.45, 2.75) is 95.4 Å². The van der Waals surface area contributed by atoms with E-state index in [9.17, 15) is 57.5 Å². The van der Waals surface area contributed by atoms with Crippen LogP contribution in [0.3, 0.4) is 0 Å². The topological polar surface area (TPSA) is 420 Å². The zero-order valence-electron chi connectivity index (χ0n) is 81.9. The van der Waals surface area contributed by atoms with Crippen LogP contribution in [0.2, 0.25) is 0 Å². The van der Waals surface area contributed by atoms with Crippen molar-refractivity contribution in [3.8, 4) is 36.0 Å². The van der Waals surface area contributed by atoms with Crippen molar-refractivity contribution in [2.75, 3.05) is 120 Å². The molecule has 0 aromatic heterocycles. The first-order chi connectivity index (χ1) is 65.4. The molecule has 2 heterocycles. The minimum atomic E-state index is -1.28. The molecule has 0 aliphatic carbocycles. The third-order valence-electron chi connectivity index (χ3n) is 19.3. The fourth-order valence-corrected chi connectivity index (χ4v) is 12.5. The van der Waals surface area contributed by atoms with Gasteiger partial charge in [-0.2, -0.15) is 0 Å². The van der Waals surface area contributed by atoms with E-state index in [-0.39, 0.29) is 76.2 Å². The number of hydrogen-bond acceptors (Lipinski definition) is 22. The molecule has 4 amide bonds. The first kappa shape index (κ1) is 125. The number of carboxylic acids is 3. The number of rotatable bonds is 25. The van der Waals surface area contributed by atoms with Gasteiger partial charge in [0.1, 0.15) is 36.2 Å². The van der Waals surface area contributed by atoms with Crippen molar-refractivity contribution in [1.29, 1.82) is 0.594 Å². The van der Waals surface area contributed by atoms with Crippen LogP contribution in [0.5, 0.6) is 0 Å². The van der Waals surface area contributed by atoms with Crippen LogP contribution in [0.25, 0.3) is 0 Å². The average molecular weight is 2370 g/mol. The number of nitrogens with zero attached hydrogens (tertiary/aromatic N) is 1. The van der Waals surface area contributed by atoms with E-state index in [1.807, 2.05) is 119 Å². The second-order valence-electron chi connectivity index (χ2n) is 31.7. The SMILES string of the molecule is C#Cc1ccc(C=O)cc1.C1COCCN1.CC(C)C(C(=O)O)C(=O)Nc1ccc(I)cc1.CC(C)C(C(=O)O)C(=O)O.COC(=O)C(C(=O)Nc1ccc(C#Cc2ccc(C=O)cc2)cc1)C(C)C.COC(=O)C(C(=O)Nc1ccc(C#Cc2ccc(CN3CCOCC3)cc2)cc1)C(C)C.COC(=O)C(C(=O)Nc1ccc(I)cc1)C(C)C.COC(C)(C)OC.Cl.Nc1ccc(I)cc1.[2H][I-]C. The number of hydrogen-bond donors (Lipinski definition) is 9. The van der Waals surface area contributed by atoms with E-state index < -0.39 is 83.0 Å². The van der Waals surface area contributed by atoms with Crippen LogP contribution < -0.4 is 54.7 Å². The number of halogens is 5. The number of morpholine rings is 2. The van der Waals surface area contributed by atoms with Crippen LogP contribution in [-0.2, 0) is 87.6 Å². The predicted octanol–water partition coefficient (Wildman–Crippen LogP) is 13.6. The summed E-state index contributed by atoms with van der Waals surface area (Å²) in [6.07, 6.45) is 6.68. The first-order valence-electron chi connectivity index (χ1n) is 43.5. The van der Waals surface area contributed by atoms with Gasteiger partial charge in [0, 0.05) is 125 Å². The molecule has 0 spiro atoms. The van der Waals surface area contributed by atoms with Crippen LogP contribution in [0, 0.1) is 106 Å². The number of aldehydes is 2. The molecule has 748 valence electrons. The molecule has 0 bridgehead atoms. The van der Waals surface area contributed by atoms with E-state index in [0.717, 1.165) is 112 Å². The van der Waals surface area contributed by atoms with Gasteiger partial charge >= 0.3 is 63.7 Å². The molecule has 2 fully saturated rings. The van der Waals surface area contributed by atoms with Crippen molar-refractivity contribution in [3.63, 3.8) is 0 Å². The molecule has 4 atom stereocenters. The Morgan fingerprint density at radius 1 is 0.442 bits per heavy atom. The number of terminal acetylenes is 1. The number of carbonyl (C=O) groups is 12. The summed E-state index contributed by atoms with van der Waals surface area (Å²) in [6.45, 7) is 29.4. The molecule has 8 aromatic carbocycles. The molecule has 34 heteroatoms. The van der Waals surface area contributed by atoms with Crippen LogP contribution >= 0.6 is 80.2 Å². The van der Waals surface area contributed by atoms with Gasteiger partial charge in [-0.1, -0.05) is 135 Å². The number of alkyl halides is 1. The molecule has 2 saturated heterocycles. The van der Waals surface area contributed by atoms with Gasteiger partial charge in [0.05, 0.1) is 47.8 Å². The van der Waals surface area contributed by atoms with Gasteiger partial charge in [0.25, 0.3) is 0 Å². The Balaban J connectivity index is 0.00000161.